The standard InChI is InChI=1S/C19H12F3N/c20-15-9-3-2-7-13(15)19(21,22)14-8-5-11-17-18(14)12-6-1-4-10-16(12)23-17/h1-11,23H. The summed E-state index contributed by atoms with van der Waals surface area (Å²) >= 11 is 0. The van der Waals surface area contributed by atoms with E-state index in [2.05, 4.69) is 4.98 Å². The number of fused-ring (bicyclic) bond motifs is 3. The molecular weight excluding hydrogens is 299 g/mol. The predicted molar refractivity (Wildman–Crippen MR) is 85.2 cm³/mol. The molecule has 0 saturated heterocycles. The molecule has 4 rings (SSSR count). The van der Waals surface area contributed by atoms with Crippen LogP contribution in [0, 0.1) is 5.82 Å². The topological polar surface area (TPSA) is 15.8 Å². The molecule has 0 fully saturated rings. The Hall–Kier alpha value is -2.75. The molecule has 1 aromatic heterocycles. The van der Waals surface area contributed by atoms with Crippen LogP contribution >= 0.6 is 0 Å². The SMILES string of the molecule is Fc1ccccc1C(F)(F)c1cccc2[nH]c3ccccc3c12. The van der Waals surface area contributed by atoms with Crippen LogP contribution in [0.3, 0.4) is 0 Å². The first kappa shape index (κ1) is 13.9. The fourth-order valence-corrected chi connectivity index (χ4v) is 3.02. The van der Waals surface area contributed by atoms with Gasteiger partial charge in [0.1, 0.15) is 5.82 Å². The van der Waals surface area contributed by atoms with Gasteiger partial charge in [-0.15, -0.1) is 0 Å². The number of nitrogens with one attached hydrogen (secondary N) is 1. The van der Waals surface area contributed by atoms with Gasteiger partial charge < -0.3 is 4.98 Å². The van der Waals surface area contributed by atoms with Crippen molar-refractivity contribution in [3.05, 3.63) is 83.7 Å². The van der Waals surface area contributed by atoms with E-state index in [1.165, 1.54) is 18.2 Å². The smallest absolute Gasteiger partial charge is 0.301 e. The van der Waals surface area contributed by atoms with Crippen molar-refractivity contribution >= 4 is 21.8 Å². The van der Waals surface area contributed by atoms with E-state index >= 15 is 8.78 Å². The number of hydrogen-bond acceptors (Lipinski definition) is 0. The van der Waals surface area contributed by atoms with Crippen LogP contribution in [0.1, 0.15) is 11.1 Å². The number of para-hydroxylation sites is 1. The molecule has 0 atom stereocenters. The minimum absolute atomic E-state index is 0.197. The molecule has 1 N–H and O–H groups in total. The first-order valence-electron chi connectivity index (χ1n) is 7.22. The van der Waals surface area contributed by atoms with Crippen LogP contribution in [0.15, 0.2) is 66.7 Å². The Kier molecular flexibility index (Phi) is 2.94. The molecule has 0 saturated carbocycles. The maximum Gasteiger partial charge on any atom is 0.301 e. The minimum atomic E-state index is -3.42. The zero-order chi connectivity index (χ0) is 16.0. The molecule has 0 amide bonds. The number of rotatable bonds is 2. The quantitative estimate of drug-likeness (QED) is 0.496. The van der Waals surface area contributed by atoms with Gasteiger partial charge in [-0.05, 0) is 24.3 Å². The second-order valence-electron chi connectivity index (χ2n) is 5.45. The van der Waals surface area contributed by atoms with E-state index in [9.17, 15) is 4.39 Å². The molecule has 114 valence electrons. The van der Waals surface area contributed by atoms with E-state index in [0.29, 0.717) is 16.3 Å². The summed E-state index contributed by atoms with van der Waals surface area (Å²) in [7, 11) is 0. The van der Waals surface area contributed by atoms with Crippen molar-refractivity contribution < 1.29 is 13.2 Å². The molecular formula is C19H12F3N. The Morgan fingerprint density at radius 2 is 1.35 bits per heavy atom. The molecule has 0 bridgehead atoms. The molecule has 4 heteroatoms. The number of hydrogen-bond donors (Lipinski definition) is 1. The van der Waals surface area contributed by atoms with Gasteiger partial charge in [0.25, 0.3) is 0 Å². The van der Waals surface area contributed by atoms with Crippen LogP contribution in [0.25, 0.3) is 21.8 Å². The Labute approximate surface area is 130 Å². The summed E-state index contributed by atoms with van der Waals surface area (Å²) in [5, 5.41) is 1.13. The molecule has 0 unspecified atom stereocenters. The zero-order valence-electron chi connectivity index (χ0n) is 12.0. The summed E-state index contributed by atoms with van der Waals surface area (Å²) in [5.41, 5.74) is 0.578. The van der Waals surface area contributed by atoms with E-state index in [-0.39, 0.29) is 5.56 Å². The molecule has 1 nitrogen and oxygen atoms in total. The second kappa shape index (κ2) is 4.88. The fourth-order valence-electron chi connectivity index (χ4n) is 3.02. The van der Waals surface area contributed by atoms with Gasteiger partial charge in [-0.3, -0.25) is 0 Å². The van der Waals surface area contributed by atoms with Crippen LogP contribution in [0.2, 0.25) is 0 Å². The normalized spacial score (nSPS) is 12.1. The van der Waals surface area contributed by atoms with Crippen LogP contribution in [0.5, 0.6) is 0 Å². The van der Waals surface area contributed by atoms with E-state index in [1.54, 1.807) is 24.3 Å². The van der Waals surface area contributed by atoms with Gasteiger partial charge >= 0.3 is 5.92 Å². The van der Waals surface area contributed by atoms with Gasteiger partial charge in [0.2, 0.25) is 0 Å². The Morgan fingerprint density at radius 1 is 0.696 bits per heavy atom. The lowest BCUT2D eigenvalue weighted by atomic mass is 9.95. The summed E-state index contributed by atoms with van der Waals surface area (Å²) < 4.78 is 44.0. The van der Waals surface area contributed by atoms with Crippen molar-refractivity contribution in [2.24, 2.45) is 0 Å². The van der Waals surface area contributed by atoms with Gasteiger partial charge in [0, 0.05) is 27.4 Å². The lowest BCUT2D eigenvalue weighted by Gasteiger charge is -2.19. The third-order valence-corrected chi connectivity index (χ3v) is 4.08. The van der Waals surface area contributed by atoms with E-state index in [4.69, 9.17) is 0 Å². The number of halogens is 3. The highest BCUT2D eigenvalue weighted by Gasteiger charge is 2.38. The lowest BCUT2D eigenvalue weighted by molar-refractivity contribution is 0.0406. The molecule has 1 heterocycles. The monoisotopic (exact) mass is 311 g/mol. The second-order valence-corrected chi connectivity index (χ2v) is 5.45. The van der Waals surface area contributed by atoms with Gasteiger partial charge in [-0.25, -0.2) is 4.39 Å². The van der Waals surface area contributed by atoms with Crippen molar-refractivity contribution in [3.63, 3.8) is 0 Å². The molecule has 4 aromatic rings. The first-order valence-corrected chi connectivity index (χ1v) is 7.22. The molecule has 0 aliphatic heterocycles. The van der Waals surface area contributed by atoms with Crippen LogP contribution < -0.4 is 0 Å². The summed E-state index contributed by atoms with van der Waals surface area (Å²) in [5.74, 6) is -4.33. The maximum atomic E-state index is 15.0. The average Bonchev–Trinajstić information content (AvgIpc) is 2.93. The van der Waals surface area contributed by atoms with E-state index in [0.717, 1.165) is 17.6 Å². The van der Waals surface area contributed by atoms with Crippen molar-refractivity contribution in [1.29, 1.82) is 0 Å². The van der Waals surface area contributed by atoms with Crippen molar-refractivity contribution in [2.45, 2.75) is 5.92 Å². The van der Waals surface area contributed by atoms with Crippen molar-refractivity contribution in [3.8, 4) is 0 Å². The van der Waals surface area contributed by atoms with Crippen molar-refractivity contribution in [1.82, 2.24) is 4.98 Å². The maximum absolute atomic E-state index is 15.0. The molecule has 3 aromatic carbocycles. The zero-order valence-corrected chi connectivity index (χ0v) is 12.0. The fraction of sp³-hybridized carbons (Fsp3) is 0.0526. The highest BCUT2D eigenvalue weighted by Crippen LogP contribution is 2.42. The first-order chi connectivity index (χ1) is 11.1. The number of benzene rings is 3. The average molecular weight is 311 g/mol. The molecule has 0 aliphatic rings. The van der Waals surface area contributed by atoms with Gasteiger partial charge in [-0.1, -0.05) is 42.5 Å². The summed E-state index contributed by atoms with van der Waals surface area (Å²) in [6.45, 7) is 0. The molecule has 0 spiro atoms. The molecule has 0 radical (unpaired) electrons. The largest absolute Gasteiger partial charge is 0.354 e. The summed E-state index contributed by atoms with van der Waals surface area (Å²) in [4.78, 5) is 3.13. The van der Waals surface area contributed by atoms with Gasteiger partial charge in [0.05, 0.1) is 5.56 Å². The highest BCUT2D eigenvalue weighted by atomic mass is 19.3. The highest BCUT2D eigenvalue weighted by molar-refractivity contribution is 6.09. The molecule has 0 aliphatic carbocycles. The summed E-state index contributed by atoms with van der Waals surface area (Å²) in [6.07, 6.45) is 0. The number of aromatic nitrogens is 1. The third kappa shape index (κ3) is 2.02. The summed E-state index contributed by atoms with van der Waals surface area (Å²) in [6, 6.07) is 16.9. The number of H-pyrrole nitrogens is 1. The Balaban J connectivity index is 2.07. The lowest BCUT2D eigenvalue weighted by Crippen LogP contribution is -2.17. The third-order valence-electron chi connectivity index (χ3n) is 4.08. The Bertz CT molecular complexity index is 1020. The number of aromatic amines is 1. The van der Waals surface area contributed by atoms with Crippen LogP contribution in [-0.2, 0) is 5.92 Å². The van der Waals surface area contributed by atoms with E-state index < -0.39 is 17.3 Å². The van der Waals surface area contributed by atoms with Crippen molar-refractivity contribution in [2.75, 3.05) is 0 Å². The van der Waals surface area contributed by atoms with Gasteiger partial charge in [0.15, 0.2) is 0 Å². The Morgan fingerprint density at radius 3 is 2.17 bits per heavy atom. The van der Waals surface area contributed by atoms with E-state index in [1.807, 2.05) is 12.1 Å². The molecule has 23 heavy (non-hydrogen) atoms. The minimum Gasteiger partial charge on any atom is -0.354 e. The number of alkyl halides is 2. The van der Waals surface area contributed by atoms with Crippen LogP contribution in [0.4, 0.5) is 13.2 Å². The van der Waals surface area contributed by atoms with Gasteiger partial charge in [-0.2, -0.15) is 8.78 Å². The van der Waals surface area contributed by atoms with Crippen LogP contribution in [-0.4, -0.2) is 4.98 Å². The predicted octanol–water partition coefficient (Wildman–Crippen LogP) is 5.60.